The van der Waals surface area contributed by atoms with Crippen molar-refractivity contribution in [1.82, 2.24) is 0 Å². The van der Waals surface area contributed by atoms with Crippen LogP contribution in [0.2, 0.25) is 0 Å². The van der Waals surface area contributed by atoms with Crippen molar-refractivity contribution in [2.75, 3.05) is 11.6 Å². The maximum absolute atomic E-state index is 8.99. The minimum Gasteiger partial charge on any atom is -0.394 e. The molecule has 3 heteroatoms. The minimum atomic E-state index is 0.0578. The van der Waals surface area contributed by atoms with Crippen molar-refractivity contribution in [3.8, 4) is 0 Å². The number of para-hydroxylation sites is 1. The monoisotopic (exact) mass is 164 g/mol. The molecule has 1 aliphatic rings. The second-order valence-corrected chi connectivity index (χ2v) is 3.08. The van der Waals surface area contributed by atoms with Gasteiger partial charge in [-0.05, 0) is 18.1 Å². The number of rotatable bonds is 1. The lowest BCUT2D eigenvalue weighted by Gasteiger charge is -2.19. The molecule has 1 aromatic carbocycles. The van der Waals surface area contributed by atoms with Gasteiger partial charge in [-0.2, -0.15) is 0 Å². The predicted molar refractivity (Wildman–Crippen MR) is 47.7 cm³/mol. The van der Waals surface area contributed by atoms with Crippen molar-refractivity contribution in [2.24, 2.45) is 5.84 Å². The van der Waals surface area contributed by atoms with Gasteiger partial charge in [0.05, 0.1) is 18.3 Å². The summed E-state index contributed by atoms with van der Waals surface area (Å²) >= 11 is 0. The van der Waals surface area contributed by atoms with Gasteiger partial charge in [-0.15, -0.1) is 0 Å². The summed E-state index contributed by atoms with van der Waals surface area (Å²) in [6.07, 6.45) is 0.850. The fourth-order valence-electron chi connectivity index (χ4n) is 1.64. The summed E-state index contributed by atoms with van der Waals surface area (Å²) in [6.45, 7) is 0.116. The van der Waals surface area contributed by atoms with E-state index in [9.17, 15) is 0 Å². The quantitative estimate of drug-likeness (QED) is 0.586. The van der Waals surface area contributed by atoms with Gasteiger partial charge in [0.25, 0.3) is 0 Å². The lowest BCUT2D eigenvalue weighted by molar-refractivity contribution is 0.263. The van der Waals surface area contributed by atoms with E-state index in [2.05, 4.69) is 0 Å². The SMILES string of the molecule is NN1c2ccccc2C[C@@H]1CO. The van der Waals surface area contributed by atoms with Crippen molar-refractivity contribution in [3.05, 3.63) is 29.8 Å². The normalized spacial score (nSPS) is 21.2. The van der Waals surface area contributed by atoms with Gasteiger partial charge in [0.2, 0.25) is 0 Å². The number of benzene rings is 1. The van der Waals surface area contributed by atoms with Crippen LogP contribution >= 0.6 is 0 Å². The third-order valence-electron chi connectivity index (χ3n) is 2.33. The number of aliphatic hydroxyl groups excluding tert-OH is 1. The first-order chi connectivity index (χ1) is 5.83. The van der Waals surface area contributed by atoms with Gasteiger partial charge in [-0.3, -0.25) is 0 Å². The van der Waals surface area contributed by atoms with Crippen molar-refractivity contribution >= 4 is 5.69 Å². The largest absolute Gasteiger partial charge is 0.394 e. The van der Waals surface area contributed by atoms with E-state index in [0.717, 1.165) is 12.1 Å². The molecule has 12 heavy (non-hydrogen) atoms. The number of hydrazine groups is 1. The van der Waals surface area contributed by atoms with Crippen LogP contribution in [0.3, 0.4) is 0 Å². The molecule has 1 aliphatic heterocycles. The molecule has 0 unspecified atom stereocenters. The van der Waals surface area contributed by atoms with Gasteiger partial charge in [-0.1, -0.05) is 18.2 Å². The lowest BCUT2D eigenvalue weighted by atomic mass is 10.1. The van der Waals surface area contributed by atoms with E-state index < -0.39 is 0 Å². The zero-order chi connectivity index (χ0) is 8.55. The number of nitrogens with zero attached hydrogens (tertiary/aromatic N) is 1. The molecule has 0 saturated carbocycles. The fraction of sp³-hybridized carbons (Fsp3) is 0.333. The fourth-order valence-corrected chi connectivity index (χ4v) is 1.64. The Labute approximate surface area is 71.4 Å². The summed E-state index contributed by atoms with van der Waals surface area (Å²) < 4.78 is 0. The van der Waals surface area contributed by atoms with E-state index in [1.54, 1.807) is 5.01 Å². The Balaban J connectivity index is 2.35. The van der Waals surface area contributed by atoms with Crippen molar-refractivity contribution in [1.29, 1.82) is 0 Å². The number of hydrogen-bond donors (Lipinski definition) is 2. The Morgan fingerprint density at radius 2 is 2.25 bits per heavy atom. The van der Waals surface area contributed by atoms with Crippen LogP contribution in [0.1, 0.15) is 5.56 Å². The second-order valence-electron chi connectivity index (χ2n) is 3.08. The highest BCUT2D eigenvalue weighted by Gasteiger charge is 2.25. The summed E-state index contributed by atoms with van der Waals surface area (Å²) in [5.74, 6) is 5.77. The van der Waals surface area contributed by atoms with Crippen LogP contribution < -0.4 is 10.9 Å². The van der Waals surface area contributed by atoms with Crippen molar-refractivity contribution in [3.63, 3.8) is 0 Å². The first-order valence-corrected chi connectivity index (χ1v) is 4.05. The third-order valence-corrected chi connectivity index (χ3v) is 2.33. The smallest absolute Gasteiger partial charge is 0.0724 e. The summed E-state index contributed by atoms with van der Waals surface area (Å²) in [5, 5.41) is 10.6. The number of aliphatic hydroxyl groups is 1. The maximum atomic E-state index is 8.99. The average Bonchev–Trinajstić information content (AvgIpc) is 2.44. The Morgan fingerprint density at radius 1 is 1.50 bits per heavy atom. The summed E-state index contributed by atoms with van der Waals surface area (Å²) in [4.78, 5) is 0. The molecule has 0 bridgehead atoms. The molecule has 1 atom stereocenters. The zero-order valence-corrected chi connectivity index (χ0v) is 6.77. The first kappa shape index (κ1) is 7.58. The van der Waals surface area contributed by atoms with E-state index in [1.165, 1.54) is 5.56 Å². The summed E-state index contributed by atoms with van der Waals surface area (Å²) in [7, 11) is 0. The van der Waals surface area contributed by atoms with Crippen LogP contribution in [0.5, 0.6) is 0 Å². The van der Waals surface area contributed by atoms with Crippen LogP contribution in [0.25, 0.3) is 0 Å². The third kappa shape index (κ3) is 0.983. The molecular formula is C9H12N2O. The molecular weight excluding hydrogens is 152 g/mol. The Kier molecular flexibility index (Phi) is 1.75. The van der Waals surface area contributed by atoms with E-state index in [1.807, 2.05) is 24.3 Å². The molecule has 3 nitrogen and oxygen atoms in total. The van der Waals surface area contributed by atoms with E-state index >= 15 is 0 Å². The zero-order valence-electron chi connectivity index (χ0n) is 6.77. The maximum Gasteiger partial charge on any atom is 0.0724 e. The summed E-state index contributed by atoms with van der Waals surface area (Å²) in [5.41, 5.74) is 2.26. The van der Waals surface area contributed by atoms with Gasteiger partial charge in [-0.25, -0.2) is 5.84 Å². The minimum absolute atomic E-state index is 0.0578. The van der Waals surface area contributed by atoms with E-state index in [-0.39, 0.29) is 12.6 Å². The number of hydrogen-bond acceptors (Lipinski definition) is 3. The lowest BCUT2D eigenvalue weighted by Crippen LogP contribution is -2.40. The van der Waals surface area contributed by atoms with E-state index in [4.69, 9.17) is 10.9 Å². The van der Waals surface area contributed by atoms with Gasteiger partial charge in [0.1, 0.15) is 0 Å². The van der Waals surface area contributed by atoms with Crippen LogP contribution in [0.4, 0.5) is 5.69 Å². The number of fused-ring (bicyclic) bond motifs is 1. The molecule has 1 heterocycles. The van der Waals surface area contributed by atoms with Gasteiger partial charge < -0.3 is 10.1 Å². The van der Waals surface area contributed by atoms with Crippen LogP contribution in [0, 0.1) is 0 Å². The number of nitrogens with two attached hydrogens (primary N) is 1. The molecule has 0 amide bonds. The Morgan fingerprint density at radius 3 is 2.92 bits per heavy atom. The van der Waals surface area contributed by atoms with Crippen molar-refractivity contribution in [2.45, 2.75) is 12.5 Å². The second kappa shape index (κ2) is 2.77. The molecule has 3 N–H and O–H groups in total. The van der Waals surface area contributed by atoms with Gasteiger partial charge in [0.15, 0.2) is 0 Å². The highest BCUT2D eigenvalue weighted by molar-refractivity contribution is 5.57. The molecule has 0 aliphatic carbocycles. The van der Waals surface area contributed by atoms with Gasteiger partial charge in [0, 0.05) is 0 Å². The molecule has 0 saturated heterocycles. The topological polar surface area (TPSA) is 49.5 Å². The predicted octanol–water partition coefficient (Wildman–Crippen LogP) is 0.284. The van der Waals surface area contributed by atoms with Crippen LogP contribution in [-0.2, 0) is 6.42 Å². The van der Waals surface area contributed by atoms with E-state index in [0.29, 0.717) is 0 Å². The molecule has 64 valence electrons. The molecule has 0 radical (unpaired) electrons. The van der Waals surface area contributed by atoms with Crippen molar-refractivity contribution < 1.29 is 5.11 Å². The first-order valence-electron chi connectivity index (χ1n) is 4.05. The standard InChI is InChI=1S/C9H12N2O/c10-11-8(6-12)5-7-3-1-2-4-9(7)11/h1-4,8,12H,5-6,10H2/t8-/m1/s1. The number of anilines is 1. The molecule has 1 aromatic rings. The molecule has 0 spiro atoms. The Bertz CT molecular complexity index is 288. The van der Waals surface area contributed by atoms with Crippen LogP contribution in [-0.4, -0.2) is 17.8 Å². The average molecular weight is 164 g/mol. The van der Waals surface area contributed by atoms with Crippen LogP contribution in [0.15, 0.2) is 24.3 Å². The molecule has 0 aromatic heterocycles. The van der Waals surface area contributed by atoms with Gasteiger partial charge >= 0.3 is 0 Å². The summed E-state index contributed by atoms with van der Waals surface area (Å²) in [6, 6.07) is 8.03. The Hall–Kier alpha value is -1.06. The molecule has 0 fully saturated rings. The highest BCUT2D eigenvalue weighted by Crippen LogP contribution is 2.28. The highest BCUT2D eigenvalue weighted by atomic mass is 16.3. The molecule has 2 rings (SSSR count).